The standard InChI is InChI=1S/C19H16F2N6/c20-14-3-11(6-23-9-14)7-24-17-2-1-12(18(21)27-17)4-13-8-25-19-16(13)5-15(22)10-26-19/h1-3,5-6,8-10H,4,7,22H2,(H,24,27)(H,25,26). The van der Waals surface area contributed by atoms with Gasteiger partial charge in [-0.3, -0.25) is 4.98 Å². The number of pyridine rings is 3. The summed E-state index contributed by atoms with van der Waals surface area (Å²) in [6, 6.07) is 6.53. The van der Waals surface area contributed by atoms with Crippen LogP contribution in [-0.2, 0) is 13.0 Å². The Morgan fingerprint density at radius 3 is 2.78 bits per heavy atom. The number of nitrogen functional groups attached to an aromatic ring is 1. The molecule has 4 N–H and O–H groups in total. The third-order valence-electron chi connectivity index (χ3n) is 4.18. The molecule has 0 bridgehead atoms. The summed E-state index contributed by atoms with van der Waals surface area (Å²) in [4.78, 5) is 15.0. The number of aromatic amines is 1. The molecule has 0 saturated heterocycles. The molecule has 0 unspecified atom stereocenters. The minimum Gasteiger partial charge on any atom is -0.397 e. The van der Waals surface area contributed by atoms with Gasteiger partial charge < -0.3 is 16.0 Å². The molecule has 4 rings (SSSR count). The number of H-pyrrole nitrogens is 1. The Morgan fingerprint density at radius 1 is 1.07 bits per heavy atom. The molecule has 4 aromatic heterocycles. The second-order valence-electron chi connectivity index (χ2n) is 6.17. The van der Waals surface area contributed by atoms with Crippen LogP contribution in [0.3, 0.4) is 0 Å². The van der Waals surface area contributed by atoms with Gasteiger partial charge in [0.25, 0.3) is 0 Å². The van der Waals surface area contributed by atoms with Gasteiger partial charge >= 0.3 is 0 Å². The van der Waals surface area contributed by atoms with Crippen molar-refractivity contribution in [3.8, 4) is 0 Å². The first-order valence-corrected chi connectivity index (χ1v) is 8.29. The number of hydrogen-bond donors (Lipinski definition) is 3. The lowest BCUT2D eigenvalue weighted by Gasteiger charge is -2.08. The van der Waals surface area contributed by atoms with Crippen molar-refractivity contribution < 1.29 is 8.78 Å². The highest BCUT2D eigenvalue weighted by atomic mass is 19.1. The van der Waals surface area contributed by atoms with E-state index >= 15 is 0 Å². The predicted molar refractivity (Wildman–Crippen MR) is 99.0 cm³/mol. The molecule has 0 aliphatic heterocycles. The summed E-state index contributed by atoms with van der Waals surface area (Å²) in [6.45, 7) is 0.296. The molecule has 0 radical (unpaired) electrons. The summed E-state index contributed by atoms with van der Waals surface area (Å²) in [5.74, 6) is -0.619. The van der Waals surface area contributed by atoms with Gasteiger partial charge in [-0.05, 0) is 29.3 Å². The number of hydrogen-bond acceptors (Lipinski definition) is 5. The third-order valence-corrected chi connectivity index (χ3v) is 4.18. The molecule has 4 aromatic rings. The molecular formula is C19H16F2N6. The maximum atomic E-state index is 14.4. The minimum absolute atomic E-state index is 0.296. The van der Waals surface area contributed by atoms with Crippen LogP contribution in [-0.4, -0.2) is 19.9 Å². The molecule has 0 saturated carbocycles. The zero-order valence-corrected chi connectivity index (χ0v) is 14.2. The Morgan fingerprint density at radius 2 is 1.96 bits per heavy atom. The Kier molecular flexibility index (Phi) is 4.37. The number of anilines is 2. The lowest BCUT2D eigenvalue weighted by atomic mass is 10.1. The van der Waals surface area contributed by atoms with Crippen molar-refractivity contribution in [3.05, 3.63) is 77.5 Å². The molecule has 0 aromatic carbocycles. The van der Waals surface area contributed by atoms with E-state index in [1.807, 2.05) is 6.07 Å². The van der Waals surface area contributed by atoms with Crippen LogP contribution in [0.25, 0.3) is 11.0 Å². The fraction of sp³-hybridized carbons (Fsp3) is 0.105. The second kappa shape index (κ2) is 6.99. The van der Waals surface area contributed by atoms with Gasteiger partial charge in [0.1, 0.15) is 17.3 Å². The smallest absolute Gasteiger partial charge is 0.218 e. The fourth-order valence-electron chi connectivity index (χ4n) is 2.86. The van der Waals surface area contributed by atoms with E-state index in [-0.39, 0.29) is 0 Å². The van der Waals surface area contributed by atoms with E-state index in [4.69, 9.17) is 5.73 Å². The Hall–Kier alpha value is -3.55. The average molecular weight is 366 g/mol. The first-order chi connectivity index (χ1) is 13.1. The van der Waals surface area contributed by atoms with Crippen molar-refractivity contribution in [2.24, 2.45) is 0 Å². The zero-order valence-electron chi connectivity index (χ0n) is 14.2. The van der Waals surface area contributed by atoms with Gasteiger partial charge in [0.15, 0.2) is 0 Å². The maximum Gasteiger partial charge on any atom is 0.218 e. The highest BCUT2D eigenvalue weighted by Gasteiger charge is 2.11. The molecule has 0 aliphatic rings. The Bertz CT molecular complexity index is 1110. The van der Waals surface area contributed by atoms with Gasteiger partial charge in [0.05, 0.1) is 18.1 Å². The van der Waals surface area contributed by atoms with Crippen molar-refractivity contribution in [2.75, 3.05) is 11.1 Å². The summed E-state index contributed by atoms with van der Waals surface area (Å²) in [5, 5.41) is 3.82. The van der Waals surface area contributed by atoms with Crippen LogP contribution < -0.4 is 11.1 Å². The van der Waals surface area contributed by atoms with Crippen molar-refractivity contribution in [1.29, 1.82) is 0 Å². The summed E-state index contributed by atoms with van der Waals surface area (Å²) in [7, 11) is 0. The monoisotopic (exact) mass is 366 g/mol. The van der Waals surface area contributed by atoms with Crippen LogP contribution in [0.15, 0.2) is 49.1 Å². The number of halogens is 2. The Labute approximate surface area is 153 Å². The zero-order chi connectivity index (χ0) is 18.8. The lowest BCUT2D eigenvalue weighted by Crippen LogP contribution is -2.05. The third kappa shape index (κ3) is 3.69. The summed E-state index contributed by atoms with van der Waals surface area (Å²) < 4.78 is 27.6. The SMILES string of the molecule is Nc1cnc2[nH]cc(Cc3ccc(NCc4cncc(F)c4)nc3F)c2c1. The van der Waals surface area contributed by atoms with E-state index in [1.54, 1.807) is 24.5 Å². The number of nitrogens with one attached hydrogen (secondary N) is 2. The molecule has 6 nitrogen and oxygen atoms in total. The molecule has 0 atom stereocenters. The minimum atomic E-state index is -0.566. The molecule has 0 fully saturated rings. The molecular weight excluding hydrogens is 350 g/mol. The maximum absolute atomic E-state index is 14.4. The van der Waals surface area contributed by atoms with Crippen LogP contribution in [0.2, 0.25) is 0 Å². The summed E-state index contributed by atoms with van der Waals surface area (Å²) >= 11 is 0. The molecule has 0 amide bonds. The number of nitrogens with two attached hydrogens (primary N) is 1. The van der Waals surface area contributed by atoms with E-state index in [0.717, 1.165) is 17.1 Å². The fourth-order valence-corrected chi connectivity index (χ4v) is 2.86. The largest absolute Gasteiger partial charge is 0.397 e. The van der Waals surface area contributed by atoms with Gasteiger partial charge in [-0.1, -0.05) is 6.07 Å². The highest BCUT2D eigenvalue weighted by molar-refractivity contribution is 5.82. The second-order valence-corrected chi connectivity index (χ2v) is 6.17. The quantitative estimate of drug-likeness (QED) is 0.471. The van der Waals surface area contributed by atoms with Crippen molar-refractivity contribution >= 4 is 22.5 Å². The average Bonchev–Trinajstić information content (AvgIpc) is 3.04. The summed E-state index contributed by atoms with van der Waals surface area (Å²) in [5.41, 5.74) is 9.02. The molecule has 0 spiro atoms. The predicted octanol–water partition coefficient (Wildman–Crippen LogP) is 3.42. The van der Waals surface area contributed by atoms with Gasteiger partial charge in [-0.2, -0.15) is 4.39 Å². The number of fused-ring (bicyclic) bond motifs is 1. The molecule has 4 heterocycles. The lowest BCUT2D eigenvalue weighted by molar-refractivity contribution is 0.571. The van der Waals surface area contributed by atoms with Crippen molar-refractivity contribution in [3.63, 3.8) is 0 Å². The van der Waals surface area contributed by atoms with E-state index < -0.39 is 11.8 Å². The molecule has 8 heteroatoms. The topological polar surface area (TPSA) is 92.5 Å². The molecule has 0 aliphatic carbocycles. The summed E-state index contributed by atoms with van der Waals surface area (Å²) in [6.07, 6.45) is 6.39. The number of aromatic nitrogens is 4. The van der Waals surface area contributed by atoms with Gasteiger partial charge in [0.2, 0.25) is 5.95 Å². The van der Waals surface area contributed by atoms with E-state index in [2.05, 4.69) is 25.3 Å². The molecule has 136 valence electrons. The Balaban J connectivity index is 1.50. The van der Waals surface area contributed by atoms with Crippen LogP contribution in [0.4, 0.5) is 20.3 Å². The van der Waals surface area contributed by atoms with Gasteiger partial charge in [-0.15, -0.1) is 0 Å². The highest BCUT2D eigenvalue weighted by Crippen LogP contribution is 2.23. The molecule has 27 heavy (non-hydrogen) atoms. The van der Waals surface area contributed by atoms with Gasteiger partial charge in [0, 0.05) is 36.3 Å². The van der Waals surface area contributed by atoms with E-state index in [9.17, 15) is 8.78 Å². The van der Waals surface area contributed by atoms with Crippen LogP contribution >= 0.6 is 0 Å². The van der Waals surface area contributed by atoms with Crippen molar-refractivity contribution in [1.82, 2.24) is 19.9 Å². The number of rotatable bonds is 5. The number of nitrogens with zero attached hydrogens (tertiary/aromatic N) is 3. The first kappa shape index (κ1) is 16.9. The van der Waals surface area contributed by atoms with E-state index in [0.29, 0.717) is 41.2 Å². The van der Waals surface area contributed by atoms with Crippen LogP contribution in [0.5, 0.6) is 0 Å². The van der Waals surface area contributed by atoms with Crippen molar-refractivity contribution in [2.45, 2.75) is 13.0 Å². The van der Waals surface area contributed by atoms with Crippen LogP contribution in [0, 0.1) is 11.8 Å². The van der Waals surface area contributed by atoms with E-state index in [1.165, 1.54) is 12.3 Å². The van der Waals surface area contributed by atoms with Gasteiger partial charge in [-0.25, -0.2) is 14.4 Å². The van der Waals surface area contributed by atoms with Crippen LogP contribution in [0.1, 0.15) is 16.7 Å². The first-order valence-electron chi connectivity index (χ1n) is 8.29. The normalized spacial score (nSPS) is 11.0.